The Kier molecular flexibility index (Phi) is 11.5. The molecule has 1 aromatic carbocycles. The highest BCUT2D eigenvalue weighted by Crippen LogP contribution is 2.23. The van der Waals surface area contributed by atoms with Gasteiger partial charge in [0.15, 0.2) is 0 Å². The van der Waals surface area contributed by atoms with Crippen LogP contribution in [0.3, 0.4) is 0 Å². The van der Waals surface area contributed by atoms with Gasteiger partial charge in [0.1, 0.15) is 15.9 Å². The molecule has 1 rings (SSSR count). The Labute approximate surface area is 133 Å². The molecule has 0 radical (unpaired) electrons. The van der Waals surface area contributed by atoms with Crippen LogP contribution in [0.5, 0.6) is 0 Å². The number of nitrogens with zero attached hydrogens (tertiary/aromatic N) is 2. The maximum Gasteiger partial charge on any atom is 0.286 e. The minimum Gasteiger partial charge on any atom is -0.396 e. The second kappa shape index (κ2) is 12.2. The van der Waals surface area contributed by atoms with E-state index in [0.717, 1.165) is 0 Å². The lowest BCUT2D eigenvalue weighted by atomic mass is 10.3. The largest absolute Gasteiger partial charge is 0.396 e. The summed E-state index contributed by atoms with van der Waals surface area (Å²) in [6.45, 7) is 4.38. The van der Waals surface area contributed by atoms with E-state index in [1.54, 1.807) is 6.07 Å². The minimum absolute atomic E-state index is 0.0734. The number of aliphatic hydroxyl groups is 2. The fraction of sp³-hybridized carbons (Fsp3) is 0.571. The fourth-order valence-electron chi connectivity index (χ4n) is 1.53. The Morgan fingerprint density at radius 1 is 1.18 bits per heavy atom. The summed E-state index contributed by atoms with van der Waals surface area (Å²) in [7, 11) is -1.73. The van der Waals surface area contributed by atoms with E-state index in [2.05, 4.69) is 13.8 Å². The molecule has 0 aliphatic rings. The standard InChI is InChI=1S/C11H16N2O5S.C3H8/c14-8-3-6-12(7-9-15)19(18)11-5-2-1-4-10(11)13(16)17;1-3-2/h1-2,4-5,14-15H,3,6-9H2;3H2,1-2H3. The van der Waals surface area contributed by atoms with E-state index in [0.29, 0.717) is 6.42 Å². The number of rotatable bonds is 8. The monoisotopic (exact) mass is 332 g/mol. The van der Waals surface area contributed by atoms with Gasteiger partial charge in [-0.3, -0.25) is 10.1 Å². The molecule has 0 aliphatic carbocycles. The zero-order valence-electron chi connectivity index (χ0n) is 13.0. The van der Waals surface area contributed by atoms with Gasteiger partial charge in [-0.15, -0.1) is 0 Å². The molecule has 0 fully saturated rings. The van der Waals surface area contributed by atoms with E-state index in [-0.39, 0.29) is 36.9 Å². The average molecular weight is 332 g/mol. The van der Waals surface area contributed by atoms with Gasteiger partial charge in [-0.25, -0.2) is 8.51 Å². The average Bonchev–Trinajstić information content (AvgIpc) is 2.51. The molecule has 2 N–H and O–H groups in total. The summed E-state index contributed by atoms with van der Waals surface area (Å²) in [5, 5.41) is 28.6. The SMILES string of the molecule is CCC.O=[N+]([O-])c1ccccc1S(=O)N(CCO)CCCO. The first-order chi connectivity index (χ1) is 10.5. The van der Waals surface area contributed by atoms with Crippen molar-refractivity contribution in [1.29, 1.82) is 0 Å². The highest BCUT2D eigenvalue weighted by atomic mass is 32.2. The highest BCUT2D eigenvalue weighted by molar-refractivity contribution is 7.82. The van der Waals surface area contributed by atoms with E-state index < -0.39 is 15.9 Å². The van der Waals surface area contributed by atoms with E-state index in [1.165, 1.54) is 28.9 Å². The first-order valence-electron chi connectivity index (χ1n) is 7.15. The molecule has 0 heterocycles. The second-order valence-corrected chi connectivity index (χ2v) is 5.87. The number of para-hydroxylation sites is 1. The summed E-state index contributed by atoms with van der Waals surface area (Å²) in [6, 6.07) is 5.79. The van der Waals surface area contributed by atoms with Crippen molar-refractivity contribution >= 4 is 16.7 Å². The van der Waals surface area contributed by atoms with Gasteiger partial charge in [-0.2, -0.15) is 0 Å². The Morgan fingerprint density at radius 3 is 2.27 bits per heavy atom. The molecule has 7 nitrogen and oxygen atoms in total. The normalized spacial score (nSPS) is 11.7. The molecule has 0 aliphatic heterocycles. The number of aliphatic hydroxyl groups excluding tert-OH is 2. The van der Waals surface area contributed by atoms with Gasteiger partial charge in [0.05, 0.1) is 11.5 Å². The third-order valence-electron chi connectivity index (χ3n) is 2.40. The third kappa shape index (κ3) is 7.08. The van der Waals surface area contributed by atoms with E-state index >= 15 is 0 Å². The molecule has 0 saturated heterocycles. The van der Waals surface area contributed by atoms with Gasteiger partial charge in [0.25, 0.3) is 5.69 Å². The molecule has 1 aromatic rings. The smallest absolute Gasteiger partial charge is 0.286 e. The van der Waals surface area contributed by atoms with Crippen LogP contribution in [-0.4, -0.2) is 50.0 Å². The van der Waals surface area contributed by atoms with Crippen molar-refractivity contribution < 1.29 is 19.3 Å². The molecule has 0 spiro atoms. The van der Waals surface area contributed by atoms with E-state index in [4.69, 9.17) is 10.2 Å². The van der Waals surface area contributed by atoms with Crippen LogP contribution in [0.1, 0.15) is 26.7 Å². The van der Waals surface area contributed by atoms with Gasteiger partial charge in [-0.1, -0.05) is 32.4 Å². The molecular weight excluding hydrogens is 308 g/mol. The van der Waals surface area contributed by atoms with Gasteiger partial charge in [0, 0.05) is 25.8 Å². The van der Waals surface area contributed by atoms with Crippen molar-refractivity contribution in [3.63, 3.8) is 0 Å². The highest BCUT2D eigenvalue weighted by Gasteiger charge is 2.22. The summed E-state index contributed by atoms with van der Waals surface area (Å²) in [5.74, 6) is 0. The molecule has 1 atom stereocenters. The summed E-state index contributed by atoms with van der Waals surface area (Å²) < 4.78 is 13.7. The third-order valence-corrected chi connectivity index (χ3v) is 3.96. The molecule has 0 aromatic heterocycles. The number of nitro benzene ring substituents is 1. The van der Waals surface area contributed by atoms with Crippen LogP contribution in [0.25, 0.3) is 0 Å². The summed E-state index contributed by atoms with van der Waals surface area (Å²) >= 11 is 0. The van der Waals surface area contributed by atoms with Gasteiger partial charge in [-0.05, 0) is 12.5 Å². The molecule has 0 saturated carbocycles. The molecule has 0 bridgehead atoms. The number of benzene rings is 1. The zero-order chi connectivity index (χ0) is 17.0. The molecule has 8 heteroatoms. The maximum atomic E-state index is 12.3. The van der Waals surface area contributed by atoms with Crippen LogP contribution in [0.2, 0.25) is 0 Å². The lowest BCUT2D eigenvalue weighted by Gasteiger charge is -2.19. The van der Waals surface area contributed by atoms with Gasteiger partial charge >= 0.3 is 0 Å². The predicted molar refractivity (Wildman–Crippen MR) is 85.8 cm³/mol. The molecule has 22 heavy (non-hydrogen) atoms. The molecule has 0 amide bonds. The Balaban J connectivity index is 0.00000135. The second-order valence-electron chi connectivity index (χ2n) is 4.41. The van der Waals surface area contributed by atoms with Crippen LogP contribution < -0.4 is 0 Å². The minimum atomic E-state index is -1.73. The van der Waals surface area contributed by atoms with Gasteiger partial charge in [0.2, 0.25) is 0 Å². The number of nitro groups is 1. The number of hydrogen-bond acceptors (Lipinski definition) is 5. The zero-order valence-corrected chi connectivity index (χ0v) is 13.8. The van der Waals surface area contributed by atoms with Crippen LogP contribution in [-0.2, 0) is 11.0 Å². The van der Waals surface area contributed by atoms with Crippen LogP contribution in [0, 0.1) is 10.1 Å². The fourth-order valence-corrected chi connectivity index (χ4v) is 2.87. The molecular formula is C14H24N2O5S. The first kappa shape index (κ1) is 20.6. The predicted octanol–water partition coefficient (Wildman–Crippen LogP) is 1.71. The van der Waals surface area contributed by atoms with Crippen molar-refractivity contribution in [3.8, 4) is 0 Å². The topological polar surface area (TPSA) is 104 Å². The Bertz CT molecular complexity index is 470. The molecule has 126 valence electrons. The quantitative estimate of drug-likeness (QED) is 0.557. The maximum absolute atomic E-state index is 12.3. The van der Waals surface area contributed by atoms with Crippen molar-refractivity contribution in [2.75, 3.05) is 26.3 Å². The van der Waals surface area contributed by atoms with E-state index in [1.807, 2.05) is 0 Å². The van der Waals surface area contributed by atoms with Crippen molar-refractivity contribution in [2.45, 2.75) is 31.6 Å². The Morgan fingerprint density at radius 2 is 1.77 bits per heavy atom. The lowest BCUT2D eigenvalue weighted by molar-refractivity contribution is -0.387. The first-order valence-corrected chi connectivity index (χ1v) is 8.26. The summed E-state index contributed by atoms with van der Waals surface area (Å²) in [6.07, 6.45) is 1.63. The van der Waals surface area contributed by atoms with Crippen LogP contribution in [0.15, 0.2) is 29.2 Å². The van der Waals surface area contributed by atoms with E-state index in [9.17, 15) is 14.3 Å². The van der Waals surface area contributed by atoms with Crippen molar-refractivity contribution in [3.05, 3.63) is 34.4 Å². The summed E-state index contributed by atoms with van der Waals surface area (Å²) in [5.41, 5.74) is -0.215. The van der Waals surface area contributed by atoms with Crippen molar-refractivity contribution in [2.24, 2.45) is 0 Å². The summed E-state index contributed by atoms with van der Waals surface area (Å²) in [4.78, 5) is 10.4. The molecule has 1 unspecified atom stereocenters. The lowest BCUT2D eigenvalue weighted by Crippen LogP contribution is -2.31. The van der Waals surface area contributed by atoms with Crippen LogP contribution in [0.4, 0.5) is 5.69 Å². The van der Waals surface area contributed by atoms with Crippen LogP contribution >= 0.6 is 0 Å². The number of hydrogen-bond donors (Lipinski definition) is 2. The van der Waals surface area contributed by atoms with Gasteiger partial charge < -0.3 is 10.2 Å². The van der Waals surface area contributed by atoms with Crippen molar-refractivity contribution in [1.82, 2.24) is 4.31 Å². The Hall–Kier alpha value is -1.35.